The van der Waals surface area contributed by atoms with Crippen LogP contribution in [-0.2, 0) is 0 Å². The lowest BCUT2D eigenvalue weighted by atomic mass is 9.74. The summed E-state index contributed by atoms with van der Waals surface area (Å²) in [7, 11) is 0. The summed E-state index contributed by atoms with van der Waals surface area (Å²) in [5.41, 5.74) is 1.33. The molecule has 0 nitrogen and oxygen atoms in total. The number of halogens is 1. The van der Waals surface area contributed by atoms with Gasteiger partial charge in [0.2, 0.25) is 0 Å². The smallest absolute Gasteiger partial charge is 0.0440 e. The molecule has 1 atom stereocenters. The minimum Gasteiger partial charge on any atom is -0.0840 e. The Labute approximate surface area is 84.9 Å². The molecule has 1 aliphatic rings. The highest BCUT2D eigenvalue weighted by atomic mass is 35.5. The van der Waals surface area contributed by atoms with E-state index in [9.17, 15) is 0 Å². The Hall–Kier alpha value is -0.490. The standard InChI is InChI=1S/C12H15Cl/c1-9(10-5-4-6-10)11-7-2-3-8-12(11)13/h2-3,7-10H,4-6H2,1H3. The van der Waals surface area contributed by atoms with Crippen LogP contribution in [0.4, 0.5) is 0 Å². The van der Waals surface area contributed by atoms with Gasteiger partial charge in [-0.05, 0) is 36.3 Å². The number of benzene rings is 1. The highest BCUT2D eigenvalue weighted by Gasteiger charge is 2.25. The Balaban J connectivity index is 2.18. The van der Waals surface area contributed by atoms with E-state index in [1.165, 1.54) is 24.8 Å². The van der Waals surface area contributed by atoms with Crippen LogP contribution in [0.25, 0.3) is 0 Å². The molecule has 0 spiro atoms. The molecule has 1 saturated carbocycles. The molecule has 0 aliphatic heterocycles. The molecule has 1 unspecified atom stereocenters. The summed E-state index contributed by atoms with van der Waals surface area (Å²) in [6.07, 6.45) is 4.16. The third-order valence-electron chi connectivity index (χ3n) is 3.25. The first-order chi connectivity index (χ1) is 6.29. The summed E-state index contributed by atoms with van der Waals surface area (Å²) >= 11 is 6.14. The van der Waals surface area contributed by atoms with Crippen LogP contribution in [-0.4, -0.2) is 0 Å². The number of hydrogen-bond donors (Lipinski definition) is 0. The lowest BCUT2D eigenvalue weighted by molar-refractivity contribution is 0.272. The maximum Gasteiger partial charge on any atom is 0.0440 e. The average Bonchev–Trinajstić information content (AvgIpc) is 2.01. The second kappa shape index (κ2) is 3.71. The van der Waals surface area contributed by atoms with E-state index in [0.29, 0.717) is 5.92 Å². The summed E-state index contributed by atoms with van der Waals surface area (Å²) < 4.78 is 0. The minimum atomic E-state index is 0.641. The third kappa shape index (κ3) is 1.73. The van der Waals surface area contributed by atoms with Gasteiger partial charge >= 0.3 is 0 Å². The molecule has 0 radical (unpaired) electrons. The van der Waals surface area contributed by atoms with Crippen LogP contribution in [0.15, 0.2) is 24.3 Å². The van der Waals surface area contributed by atoms with Crippen molar-refractivity contribution in [1.82, 2.24) is 0 Å². The van der Waals surface area contributed by atoms with E-state index in [4.69, 9.17) is 11.6 Å². The molecule has 13 heavy (non-hydrogen) atoms. The van der Waals surface area contributed by atoms with Crippen LogP contribution in [0, 0.1) is 5.92 Å². The quantitative estimate of drug-likeness (QED) is 0.661. The fraction of sp³-hybridized carbons (Fsp3) is 0.500. The minimum absolute atomic E-state index is 0.641. The lowest BCUT2D eigenvalue weighted by Gasteiger charge is -2.32. The summed E-state index contributed by atoms with van der Waals surface area (Å²) in [6, 6.07) is 8.23. The normalized spacial score (nSPS) is 19.5. The zero-order valence-corrected chi connectivity index (χ0v) is 8.72. The maximum atomic E-state index is 6.14. The third-order valence-corrected chi connectivity index (χ3v) is 3.60. The van der Waals surface area contributed by atoms with Gasteiger partial charge < -0.3 is 0 Å². The zero-order valence-electron chi connectivity index (χ0n) is 7.96. The van der Waals surface area contributed by atoms with Gasteiger partial charge in [-0.15, -0.1) is 0 Å². The monoisotopic (exact) mass is 194 g/mol. The Morgan fingerprint density at radius 1 is 1.31 bits per heavy atom. The van der Waals surface area contributed by atoms with E-state index in [0.717, 1.165) is 10.9 Å². The molecule has 0 N–H and O–H groups in total. The highest BCUT2D eigenvalue weighted by Crippen LogP contribution is 2.40. The van der Waals surface area contributed by atoms with Gasteiger partial charge in [-0.25, -0.2) is 0 Å². The van der Waals surface area contributed by atoms with Gasteiger partial charge in [0.15, 0.2) is 0 Å². The van der Waals surface area contributed by atoms with Gasteiger partial charge in [0, 0.05) is 5.02 Å². The van der Waals surface area contributed by atoms with Gasteiger partial charge in [-0.1, -0.05) is 43.1 Å². The molecule has 1 aliphatic carbocycles. The van der Waals surface area contributed by atoms with Crippen LogP contribution >= 0.6 is 11.6 Å². The molecule has 0 saturated heterocycles. The van der Waals surface area contributed by atoms with Crippen molar-refractivity contribution in [2.45, 2.75) is 32.1 Å². The van der Waals surface area contributed by atoms with E-state index in [1.54, 1.807) is 0 Å². The van der Waals surface area contributed by atoms with Gasteiger partial charge in [0.05, 0.1) is 0 Å². The largest absolute Gasteiger partial charge is 0.0840 e. The van der Waals surface area contributed by atoms with Crippen LogP contribution in [0.5, 0.6) is 0 Å². The maximum absolute atomic E-state index is 6.14. The van der Waals surface area contributed by atoms with E-state index in [-0.39, 0.29) is 0 Å². The molecule has 0 aromatic heterocycles. The molecule has 1 heteroatoms. The van der Waals surface area contributed by atoms with Gasteiger partial charge in [0.25, 0.3) is 0 Å². The molecule has 2 rings (SSSR count). The van der Waals surface area contributed by atoms with E-state index in [2.05, 4.69) is 19.1 Å². The number of hydrogen-bond acceptors (Lipinski definition) is 0. The zero-order chi connectivity index (χ0) is 9.26. The van der Waals surface area contributed by atoms with Crippen molar-refractivity contribution in [2.24, 2.45) is 5.92 Å². The van der Waals surface area contributed by atoms with Crippen molar-refractivity contribution in [3.8, 4) is 0 Å². The second-order valence-electron chi connectivity index (χ2n) is 4.00. The molecule has 0 bridgehead atoms. The molecular formula is C12H15Cl. The van der Waals surface area contributed by atoms with Gasteiger partial charge in [-0.2, -0.15) is 0 Å². The van der Waals surface area contributed by atoms with E-state index in [1.807, 2.05) is 12.1 Å². The van der Waals surface area contributed by atoms with Crippen molar-refractivity contribution < 1.29 is 0 Å². The average molecular weight is 195 g/mol. The first-order valence-electron chi connectivity index (χ1n) is 5.03. The topological polar surface area (TPSA) is 0 Å². The van der Waals surface area contributed by atoms with Gasteiger partial charge in [0.1, 0.15) is 0 Å². The Bertz CT molecular complexity index is 289. The summed E-state index contributed by atoms with van der Waals surface area (Å²) in [6.45, 7) is 2.30. The van der Waals surface area contributed by atoms with E-state index < -0.39 is 0 Å². The van der Waals surface area contributed by atoms with Crippen molar-refractivity contribution in [3.05, 3.63) is 34.9 Å². The Kier molecular flexibility index (Phi) is 2.59. The molecule has 70 valence electrons. The predicted octanol–water partition coefficient (Wildman–Crippen LogP) is 4.24. The van der Waals surface area contributed by atoms with Crippen molar-refractivity contribution >= 4 is 11.6 Å². The van der Waals surface area contributed by atoms with Crippen LogP contribution in [0.1, 0.15) is 37.7 Å². The van der Waals surface area contributed by atoms with Crippen molar-refractivity contribution in [2.75, 3.05) is 0 Å². The van der Waals surface area contributed by atoms with Crippen LogP contribution in [0.2, 0.25) is 5.02 Å². The second-order valence-corrected chi connectivity index (χ2v) is 4.41. The fourth-order valence-corrected chi connectivity index (χ4v) is 2.35. The molecule has 1 fully saturated rings. The molecular weight excluding hydrogens is 180 g/mol. The van der Waals surface area contributed by atoms with E-state index >= 15 is 0 Å². The summed E-state index contributed by atoms with van der Waals surface area (Å²) in [5, 5.41) is 0.932. The highest BCUT2D eigenvalue weighted by molar-refractivity contribution is 6.31. The van der Waals surface area contributed by atoms with Gasteiger partial charge in [-0.3, -0.25) is 0 Å². The number of rotatable bonds is 2. The first-order valence-corrected chi connectivity index (χ1v) is 5.41. The Morgan fingerprint density at radius 2 is 2.00 bits per heavy atom. The molecule has 1 aromatic rings. The van der Waals surface area contributed by atoms with Crippen molar-refractivity contribution in [1.29, 1.82) is 0 Å². The molecule has 1 aromatic carbocycles. The molecule has 0 heterocycles. The van der Waals surface area contributed by atoms with Crippen molar-refractivity contribution in [3.63, 3.8) is 0 Å². The Morgan fingerprint density at radius 3 is 2.54 bits per heavy atom. The SMILES string of the molecule is CC(c1ccccc1Cl)C1CCC1. The summed E-state index contributed by atoms with van der Waals surface area (Å²) in [4.78, 5) is 0. The predicted molar refractivity (Wildman–Crippen MR) is 57.2 cm³/mol. The fourth-order valence-electron chi connectivity index (χ4n) is 2.04. The lowest BCUT2D eigenvalue weighted by Crippen LogP contribution is -2.18. The molecule has 0 amide bonds. The summed E-state index contributed by atoms with van der Waals surface area (Å²) in [5.74, 6) is 1.52. The van der Waals surface area contributed by atoms with Crippen LogP contribution in [0.3, 0.4) is 0 Å². The van der Waals surface area contributed by atoms with Crippen LogP contribution < -0.4 is 0 Å². The first kappa shape index (κ1) is 9.08.